The molecule has 2 saturated heterocycles. The number of nitrogens with zero attached hydrogens (tertiary/aromatic N) is 3. The van der Waals surface area contributed by atoms with Crippen LogP contribution in [0.4, 0.5) is 21.9 Å². The van der Waals surface area contributed by atoms with Gasteiger partial charge in [0.15, 0.2) is 0 Å². The van der Waals surface area contributed by atoms with Crippen molar-refractivity contribution in [2.24, 2.45) is 0 Å². The van der Waals surface area contributed by atoms with Gasteiger partial charge in [-0.25, -0.2) is 4.79 Å². The first-order chi connectivity index (χ1) is 15.0. The van der Waals surface area contributed by atoms with E-state index in [1.54, 1.807) is 4.90 Å². The van der Waals surface area contributed by atoms with Crippen LogP contribution in [0.15, 0.2) is 36.4 Å². The van der Waals surface area contributed by atoms with E-state index in [4.69, 9.17) is 33.7 Å². The van der Waals surface area contributed by atoms with Gasteiger partial charge in [-0.1, -0.05) is 23.2 Å². The molecule has 0 radical (unpaired) electrons. The number of hydrogen-bond donors (Lipinski definition) is 2. The van der Waals surface area contributed by atoms with Crippen molar-refractivity contribution >= 4 is 46.3 Å². The fourth-order valence-corrected chi connectivity index (χ4v) is 4.52. The maximum Gasteiger partial charge on any atom is 0.322 e. The second-order valence-electron chi connectivity index (χ2n) is 7.82. The number of nitrogen functional groups attached to an aromatic ring is 1. The summed E-state index contributed by atoms with van der Waals surface area (Å²) in [5.41, 5.74) is 9.09. The van der Waals surface area contributed by atoms with Crippen LogP contribution in [0.25, 0.3) is 0 Å². The van der Waals surface area contributed by atoms with Gasteiger partial charge in [-0.05, 0) is 42.0 Å². The molecule has 2 aliphatic rings. The van der Waals surface area contributed by atoms with E-state index in [2.05, 4.69) is 15.1 Å². The Labute approximate surface area is 192 Å². The quantitative estimate of drug-likeness (QED) is 0.675. The minimum Gasteiger partial charge on any atom is -0.399 e. The van der Waals surface area contributed by atoms with E-state index in [1.165, 1.54) is 0 Å². The number of rotatable bonds is 4. The highest BCUT2D eigenvalue weighted by molar-refractivity contribution is 6.39. The van der Waals surface area contributed by atoms with Crippen molar-refractivity contribution < 1.29 is 9.53 Å². The predicted molar refractivity (Wildman–Crippen MR) is 126 cm³/mol. The molecule has 0 aromatic heterocycles. The third kappa shape index (κ3) is 5.54. The Bertz CT molecular complexity index is 888. The zero-order valence-corrected chi connectivity index (χ0v) is 18.8. The second-order valence-corrected chi connectivity index (χ2v) is 8.63. The highest BCUT2D eigenvalue weighted by atomic mass is 35.5. The SMILES string of the molecule is Nc1ccc(N2CCN(C(=O)Nc3c(Cl)cc(CN4CCOCC4)cc3Cl)CC2)cc1. The summed E-state index contributed by atoms with van der Waals surface area (Å²) < 4.78 is 5.39. The molecule has 2 aliphatic heterocycles. The molecular weight excluding hydrogens is 437 g/mol. The van der Waals surface area contributed by atoms with E-state index >= 15 is 0 Å². The Kier molecular flexibility index (Phi) is 7.07. The monoisotopic (exact) mass is 463 g/mol. The van der Waals surface area contributed by atoms with E-state index in [0.29, 0.717) is 28.8 Å². The van der Waals surface area contributed by atoms with Crippen molar-refractivity contribution in [3.8, 4) is 0 Å². The van der Waals surface area contributed by atoms with Gasteiger partial charge in [-0.2, -0.15) is 0 Å². The molecule has 2 fully saturated rings. The van der Waals surface area contributed by atoms with Crippen LogP contribution in [0, 0.1) is 0 Å². The normalized spacial score (nSPS) is 17.6. The zero-order valence-electron chi connectivity index (χ0n) is 17.3. The van der Waals surface area contributed by atoms with Gasteiger partial charge in [0.2, 0.25) is 0 Å². The van der Waals surface area contributed by atoms with Crippen LogP contribution in [0.1, 0.15) is 5.56 Å². The maximum atomic E-state index is 12.8. The van der Waals surface area contributed by atoms with Crippen LogP contribution in [0.5, 0.6) is 0 Å². The predicted octanol–water partition coefficient (Wildman–Crippen LogP) is 3.76. The number of urea groups is 1. The van der Waals surface area contributed by atoms with Gasteiger partial charge < -0.3 is 25.6 Å². The van der Waals surface area contributed by atoms with Crippen LogP contribution in [-0.2, 0) is 11.3 Å². The molecule has 2 aromatic rings. The van der Waals surface area contributed by atoms with Gasteiger partial charge in [0.25, 0.3) is 0 Å². The average Bonchev–Trinajstić information content (AvgIpc) is 2.77. The van der Waals surface area contributed by atoms with Crippen LogP contribution in [0.3, 0.4) is 0 Å². The molecule has 4 rings (SSSR count). The highest BCUT2D eigenvalue weighted by Gasteiger charge is 2.23. The van der Waals surface area contributed by atoms with Gasteiger partial charge in [0.05, 0.1) is 28.9 Å². The molecule has 2 heterocycles. The first kappa shape index (κ1) is 22.0. The number of piperazine rings is 1. The summed E-state index contributed by atoms with van der Waals surface area (Å²) in [4.78, 5) is 19.1. The first-order valence-electron chi connectivity index (χ1n) is 10.4. The van der Waals surface area contributed by atoms with Gasteiger partial charge in [-0.3, -0.25) is 4.90 Å². The van der Waals surface area contributed by atoms with Crippen molar-refractivity contribution in [1.29, 1.82) is 0 Å². The summed E-state index contributed by atoms with van der Waals surface area (Å²) >= 11 is 12.9. The molecule has 2 aromatic carbocycles. The van der Waals surface area contributed by atoms with E-state index in [1.807, 2.05) is 36.4 Å². The Morgan fingerprint density at radius 3 is 2.19 bits per heavy atom. The number of hydrogen-bond acceptors (Lipinski definition) is 5. The second kappa shape index (κ2) is 9.96. The number of halogens is 2. The van der Waals surface area contributed by atoms with Crippen LogP contribution in [0.2, 0.25) is 10.0 Å². The smallest absolute Gasteiger partial charge is 0.322 e. The van der Waals surface area contributed by atoms with Crippen molar-refractivity contribution in [3.63, 3.8) is 0 Å². The number of carbonyl (C=O) groups excluding carboxylic acids is 1. The van der Waals surface area contributed by atoms with Gasteiger partial charge in [0.1, 0.15) is 0 Å². The molecule has 166 valence electrons. The third-order valence-electron chi connectivity index (χ3n) is 5.67. The molecule has 0 unspecified atom stereocenters. The first-order valence-corrected chi connectivity index (χ1v) is 11.2. The standard InChI is InChI=1S/C22H27Cl2N5O2/c23-19-13-16(15-27-9-11-31-12-10-27)14-20(24)21(19)26-22(30)29-7-5-28(6-8-29)18-3-1-17(25)2-4-18/h1-4,13-14H,5-12,15,25H2,(H,26,30). The summed E-state index contributed by atoms with van der Waals surface area (Å²) in [5, 5.41) is 3.79. The average molecular weight is 464 g/mol. The Hall–Kier alpha value is -2.19. The molecule has 0 bridgehead atoms. The summed E-state index contributed by atoms with van der Waals surface area (Å²) in [5.74, 6) is 0. The van der Waals surface area contributed by atoms with Gasteiger partial charge >= 0.3 is 6.03 Å². The summed E-state index contributed by atoms with van der Waals surface area (Å²) in [6, 6.07) is 11.3. The number of amides is 2. The van der Waals surface area contributed by atoms with E-state index in [-0.39, 0.29) is 6.03 Å². The number of morpholine rings is 1. The lowest BCUT2D eigenvalue weighted by Gasteiger charge is -2.36. The van der Waals surface area contributed by atoms with Gasteiger partial charge in [0, 0.05) is 57.2 Å². The lowest BCUT2D eigenvalue weighted by Crippen LogP contribution is -2.50. The molecule has 0 aliphatic carbocycles. The van der Waals surface area contributed by atoms with Gasteiger partial charge in [-0.15, -0.1) is 0 Å². The Morgan fingerprint density at radius 1 is 0.968 bits per heavy atom. The largest absolute Gasteiger partial charge is 0.399 e. The number of anilines is 3. The number of benzene rings is 2. The minimum absolute atomic E-state index is 0.193. The highest BCUT2D eigenvalue weighted by Crippen LogP contribution is 2.33. The molecule has 0 saturated carbocycles. The maximum absolute atomic E-state index is 12.8. The van der Waals surface area contributed by atoms with Crippen molar-refractivity contribution in [2.45, 2.75) is 6.54 Å². The summed E-state index contributed by atoms with van der Waals surface area (Å²) in [6.45, 7) is 6.72. The third-order valence-corrected chi connectivity index (χ3v) is 6.27. The number of carbonyl (C=O) groups is 1. The molecule has 3 N–H and O–H groups in total. The molecule has 0 spiro atoms. The van der Waals surface area contributed by atoms with Crippen molar-refractivity contribution in [1.82, 2.24) is 9.80 Å². The fourth-order valence-electron chi connectivity index (χ4n) is 3.89. The van der Waals surface area contributed by atoms with Crippen molar-refractivity contribution in [2.75, 3.05) is 68.4 Å². The molecule has 7 nitrogen and oxygen atoms in total. The molecular formula is C22H27Cl2N5O2. The van der Waals surface area contributed by atoms with Crippen LogP contribution < -0.4 is 16.0 Å². The summed E-state index contributed by atoms with van der Waals surface area (Å²) in [6.07, 6.45) is 0. The lowest BCUT2D eigenvalue weighted by molar-refractivity contribution is 0.0342. The Balaban J connectivity index is 1.34. The molecule has 31 heavy (non-hydrogen) atoms. The lowest BCUT2D eigenvalue weighted by atomic mass is 10.2. The van der Waals surface area contributed by atoms with E-state index in [0.717, 1.165) is 62.9 Å². The number of nitrogens with one attached hydrogen (secondary N) is 1. The van der Waals surface area contributed by atoms with E-state index in [9.17, 15) is 4.79 Å². The zero-order chi connectivity index (χ0) is 21.8. The fraction of sp³-hybridized carbons (Fsp3) is 0.409. The van der Waals surface area contributed by atoms with Crippen molar-refractivity contribution in [3.05, 3.63) is 52.0 Å². The molecule has 2 amide bonds. The topological polar surface area (TPSA) is 74.1 Å². The number of nitrogens with two attached hydrogens (primary N) is 1. The minimum atomic E-state index is -0.193. The number of ether oxygens (including phenoxy) is 1. The molecule has 0 atom stereocenters. The van der Waals surface area contributed by atoms with Crippen LogP contribution >= 0.6 is 23.2 Å². The van der Waals surface area contributed by atoms with E-state index < -0.39 is 0 Å². The molecule has 9 heteroatoms. The Morgan fingerprint density at radius 2 is 1.58 bits per heavy atom. The van der Waals surface area contributed by atoms with Crippen LogP contribution in [-0.4, -0.2) is 68.3 Å². The summed E-state index contributed by atoms with van der Waals surface area (Å²) in [7, 11) is 0.